The van der Waals surface area contributed by atoms with Crippen LogP contribution in [0.4, 0.5) is 0 Å². The van der Waals surface area contributed by atoms with Crippen molar-refractivity contribution in [2.24, 2.45) is 4.99 Å². The van der Waals surface area contributed by atoms with Crippen LogP contribution in [0.25, 0.3) is 0 Å². The highest BCUT2D eigenvalue weighted by Gasteiger charge is 2.10. The van der Waals surface area contributed by atoms with Gasteiger partial charge in [-0.25, -0.2) is 0 Å². The van der Waals surface area contributed by atoms with Crippen LogP contribution in [0, 0.1) is 6.92 Å². The smallest absolute Gasteiger partial charge is 0.216 e. The summed E-state index contributed by atoms with van der Waals surface area (Å²) in [5.74, 6) is 0.810. The first-order valence-electron chi connectivity index (χ1n) is 4.61. The van der Waals surface area contributed by atoms with Crippen molar-refractivity contribution >= 4 is 5.90 Å². The van der Waals surface area contributed by atoms with E-state index in [9.17, 15) is 0 Å². The molecular formula is C11H13NO. The molecular weight excluding hydrogens is 162 g/mol. The third kappa shape index (κ3) is 1.72. The van der Waals surface area contributed by atoms with Gasteiger partial charge in [0.1, 0.15) is 0 Å². The van der Waals surface area contributed by atoms with Gasteiger partial charge in [-0.15, -0.1) is 0 Å². The van der Waals surface area contributed by atoms with Crippen molar-refractivity contribution in [3.63, 3.8) is 0 Å². The Morgan fingerprint density at radius 1 is 1.31 bits per heavy atom. The second kappa shape index (κ2) is 3.60. The monoisotopic (exact) mass is 175 g/mol. The summed E-state index contributed by atoms with van der Waals surface area (Å²) >= 11 is 0. The molecule has 0 radical (unpaired) electrons. The van der Waals surface area contributed by atoms with Crippen molar-refractivity contribution < 1.29 is 4.74 Å². The van der Waals surface area contributed by atoms with Gasteiger partial charge in [-0.3, -0.25) is 4.99 Å². The third-order valence-corrected chi connectivity index (χ3v) is 2.17. The van der Waals surface area contributed by atoms with E-state index in [0.29, 0.717) is 0 Å². The Kier molecular flexibility index (Phi) is 2.30. The van der Waals surface area contributed by atoms with Gasteiger partial charge in [-0.1, -0.05) is 18.2 Å². The summed E-state index contributed by atoms with van der Waals surface area (Å²) in [4.78, 5) is 4.35. The second-order valence-corrected chi connectivity index (χ2v) is 3.20. The average Bonchev–Trinajstić information content (AvgIpc) is 2.20. The molecule has 0 aromatic heterocycles. The maximum atomic E-state index is 5.49. The Hall–Kier alpha value is -1.31. The predicted octanol–water partition coefficient (Wildman–Crippen LogP) is 2.16. The summed E-state index contributed by atoms with van der Waals surface area (Å²) in [5, 5.41) is 0. The highest BCUT2D eigenvalue weighted by molar-refractivity contribution is 5.95. The standard InChI is InChI=1S/C11H13NO/c1-9-5-2-3-6-10(9)11-12-7-4-8-13-11/h2-3,5-6H,4,7-8H2,1H3. The van der Waals surface area contributed by atoms with Gasteiger partial charge in [0, 0.05) is 18.5 Å². The number of benzene rings is 1. The van der Waals surface area contributed by atoms with Crippen molar-refractivity contribution in [3.05, 3.63) is 35.4 Å². The van der Waals surface area contributed by atoms with Crippen molar-refractivity contribution in [1.82, 2.24) is 0 Å². The minimum Gasteiger partial charge on any atom is -0.477 e. The first kappa shape index (κ1) is 8.30. The lowest BCUT2D eigenvalue weighted by Gasteiger charge is -2.15. The molecule has 0 spiro atoms. The fraction of sp³-hybridized carbons (Fsp3) is 0.364. The summed E-state index contributed by atoms with van der Waals surface area (Å²) in [6.45, 7) is 3.77. The summed E-state index contributed by atoms with van der Waals surface area (Å²) in [6, 6.07) is 8.18. The zero-order valence-corrected chi connectivity index (χ0v) is 7.79. The molecule has 68 valence electrons. The number of aryl methyl sites for hydroxylation is 1. The Morgan fingerprint density at radius 3 is 2.85 bits per heavy atom. The maximum Gasteiger partial charge on any atom is 0.216 e. The van der Waals surface area contributed by atoms with Crippen LogP contribution < -0.4 is 0 Å². The fourth-order valence-electron chi connectivity index (χ4n) is 1.44. The molecule has 0 saturated carbocycles. The maximum absolute atomic E-state index is 5.49. The largest absolute Gasteiger partial charge is 0.477 e. The van der Waals surface area contributed by atoms with Crippen LogP contribution in [0.1, 0.15) is 17.5 Å². The lowest BCUT2D eigenvalue weighted by Crippen LogP contribution is -2.15. The van der Waals surface area contributed by atoms with Crippen LogP contribution in [-0.4, -0.2) is 19.0 Å². The number of ether oxygens (including phenoxy) is 1. The molecule has 1 aliphatic rings. The van der Waals surface area contributed by atoms with E-state index in [2.05, 4.69) is 24.0 Å². The molecule has 0 bridgehead atoms. The zero-order valence-electron chi connectivity index (χ0n) is 7.79. The molecule has 0 N–H and O–H groups in total. The van der Waals surface area contributed by atoms with Gasteiger partial charge in [0.05, 0.1) is 6.61 Å². The van der Waals surface area contributed by atoms with Gasteiger partial charge >= 0.3 is 0 Å². The van der Waals surface area contributed by atoms with E-state index < -0.39 is 0 Å². The van der Waals surface area contributed by atoms with E-state index in [1.165, 1.54) is 5.56 Å². The van der Waals surface area contributed by atoms with E-state index in [-0.39, 0.29) is 0 Å². The minimum absolute atomic E-state index is 0.799. The SMILES string of the molecule is Cc1ccccc1C1=NCCCO1. The lowest BCUT2D eigenvalue weighted by molar-refractivity contribution is 0.284. The van der Waals surface area contributed by atoms with Crippen LogP contribution in [-0.2, 0) is 4.74 Å². The molecule has 0 fully saturated rings. The second-order valence-electron chi connectivity index (χ2n) is 3.20. The summed E-state index contributed by atoms with van der Waals surface area (Å²) in [5.41, 5.74) is 2.35. The van der Waals surface area contributed by atoms with Gasteiger partial charge in [0.2, 0.25) is 5.90 Å². The Morgan fingerprint density at radius 2 is 2.15 bits per heavy atom. The van der Waals surface area contributed by atoms with Crippen molar-refractivity contribution in [3.8, 4) is 0 Å². The van der Waals surface area contributed by atoms with E-state index in [4.69, 9.17) is 4.74 Å². The highest BCUT2D eigenvalue weighted by Crippen LogP contribution is 2.12. The van der Waals surface area contributed by atoms with Gasteiger partial charge in [0.25, 0.3) is 0 Å². The molecule has 0 atom stereocenters. The quantitative estimate of drug-likeness (QED) is 0.641. The van der Waals surface area contributed by atoms with Gasteiger partial charge in [0.15, 0.2) is 0 Å². The van der Waals surface area contributed by atoms with Crippen molar-refractivity contribution in [1.29, 1.82) is 0 Å². The topological polar surface area (TPSA) is 21.6 Å². The number of hydrogen-bond acceptors (Lipinski definition) is 2. The van der Waals surface area contributed by atoms with E-state index >= 15 is 0 Å². The van der Waals surface area contributed by atoms with E-state index in [1.807, 2.05) is 12.1 Å². The molecule has 1 aliphatic heterocycles. The van der Waals surface area contributed by atoms with E-state index in [1.54, 1.807) is 0 Å². The Bertz CT molecular complexity index is 331. The Labute approximate surface area is 78.3 Å². The zero-order chi connectivity index (χ0) is 9.10. The molecule has 13 heavy (non-hydrogen) atoms. The molecule has 0 saturated heterocycles. The lowest BCUT2D eigenvalue weighted by atomic mass is 10.1. The molecule has 1 heterocycles. The Balaban J connectivity index is 2.34. The first-order valence-corrected chi connectivity index (χ1v) is 4.61. The first-order chi connectivity index (χ1) is 6.38. The molecule has 0 amide bonds. The fourth-order valence-corrected chi connectivity index (χ4v) is 1.44. The molecule has 0 aliphatic carbocycles. The van der Waals surface area contributed by atoms with Gasteiger partial charge < -0.3 is 4.74 Å². The van der Waals surface area contributed by atoms with Crippen LogP contribution >= 0.6 is 0 Å². The van der Waals surface area contributed by atoms with Crippen LogP contribution in [0.15, 0.2) is 29.3 Å². The predicted molar refractivity (Wildman–Crippen MR) is 53.2 cm³/mol. The van der Waals surface area contributed by atoms with Crippen molar-refractivity contribution in [2.45, 2.75) is 13.3 Å². The number of hydrogen-bond donors (Lipinski definition) is 0. The molecule has 2 nitrogen and oxygen atoms in total. The minimum atomic E-state index is 0.799. The van der Waals surface area contributed by atoms with Crippen molar-refractivity contribution in [2.75, 3.05) is 13.2 Å². The van der Waals surface area contributed by atoms with E-state index in [0.717, 1.165) is 31.0 Å². The summed E-state index contributed by atoms with van der Waals surface area (Å²) in [6.07, 6.45) is 1.04. The van der Waals surface area contributed by atoms with Crippen LogP contribution in [0.2, 0.25) is 0 Å². The van der Waals surface area contributed by atoms with Gasteiger partial charge in [-0.05, 0) is 18.6 Å². The summed E-state index contributed by atoms with van der Waals surface area (Å²) in [7, 11) is 0. The molecule has 2 heteroatoms. The number of aliphatic imine (C=N–C) groups is 1. The molecule has 2 rings (SSSR count). The average molecular weight is 175 g/mol. The van der Waals surface area contributed by atoms with Crippen LogP contribution in [0.5, 0.6) is 0 Å². The molecule has 1 aromatic rings. The number of rotatable bonds is 1. The molecule has 0 unspecified atom stereocenters. The van der Waals surface area contributed by atoms with Gasteiger partial charge in [-0.2, -0.15) is 0 Å². The highest BCUT2D eigenvalue weighted by atomic mass is 16.5. The van der Waals surface area contributed by atoms with Crippen LogP contribution in [0.3, 0.4) is 0 Å². The normalized spacial score (nSPS) is 16.2. The number of nitrogens with zero attached hydrogens (tertiary/aromatic N) is 1. The summed E-state index contributed by atoms with van der Waals surface area (Å²) < 4.78 is 5.49. The third-order valence-electron chi connectivity index (χ3n) is 2.17. The molecule has 1 aromatic carbocycles.